The van der Waals surface area contributed by atoms with Crippen molar-refractivity contribution in [1.29, 1.82) is 0 Å². The summed E-state index contributed by atoms with van der Waals surface area (Å²) >= 11 is 0. The molecule has 2 N–H and O–H groups in total. The van der Waals surface area contributed by atoms with E-state index in [9.17, 15) is 22.8 Å². The number of halogens is 3. The molecule has 5 rings (SSSR count). The minimum atomic E-state index is -4.57. The number of rotatable bonds is 9. The van der Waals surface area contributed by atoms with E-state index in [-0.39, 0.29) is 47.3 Å². The first-order valence-corrected chi connectivity index (χ1v) is 14.1. The molecule has 0 bridgehead atoms. The number of aryl methyl sites for hydroxylation is 1. The number of hydrogen-bond donors (Lipinski definition) is 2. The molecule has 0 radical (unpaired) electrons. The molecule has 1 aromatic carbocycles. The van der Waals surface area contributed by atoms with Crippen molar-refractivity contribution in [2.24, 2.45) is 11.3 Å². The smallest absolute Gasteiger partial charge is 0.419 e. The second-order valence-electron chi connectivity index (χ2n) is 11.1. The Kier molecular flexibility index (Phi) is 7.92. The lowest BCUT2D eigenvalue weighted by Crippen LogP contribution is -2.45. The van der Waals surface area contributed by atoms with Gasteiger partial charge in [0.15, 0.2) is 0 Å². The molecule has 2 amide bonds. The van der Waals surface area contributed by atoms with Gasteiger partial charge in [-0.1, -0.05) is 12.8 Å². The molecule has 1 spiro atoms. The Labute approximate surface area is 232 Å². The standard InChI is InChI=1S/C29H36F3N5O3/c1-3-33-26(39)18-9-11-22(23(15-18)40-2)36-27-34-17-20(29(30,31)32)21(35-27)12-10-19-16-28(19)13-5-4-7-24(28)37-14-6-8-25(37)38/h9,11,15,17,19,24H,3-8,10,12-14,16H2,1-2H3,(H,33,39)(H,34,35,36)/t19?,24-,28+/m1/s1. The fourth-order valence-electron chi connectivity index (χ4n) is 6.75. The molecule has 216 valence electrons. The van der Waals surface area contributed by atoms with Gasteiger partial charge in [0.25, 0.3) is 5.91 Å². The van der Waals surface area contributed by atoms with Crippen molar-refractivity contribution < 1.29 is 27.5 Å². The van der Waals surface area contributed by atoms with Crippen molar-refractivity contribution in [2.75, 3.05) is 25.5 Å². The highest BCUT2D eigenvalue weighted by Crippen LogP contribution is 2.64. The minimum Gasteiger partial charge on any atom is -0.495 e. The highest BCUT2D eigenvalue weighted by Gasteiger charge is 2.60. The lowest BCUT2D eigenvalue weighted by molar-refractivity contribution is -0.138. The largest absolute Gasteiger partial charge is 0.495 e. The molecule has 3 aliphatic rings. The molecule has 3 fully saturated rings. The van der Waals surface area contributed by atoms with Crippen molar-refractivity contribution in [2.45, 2.75) is 76.9 Å². The van der Waals surface area contributed by atoms with Gasteiger partial charge >= 0.3 is 6.18 Å². The first-order valence-electron chi connectivity index (χ1n) is 14.1. The maximum absolute atomic E-state index is 13.9. The van der Waals surface area contributed by atoms with Gasteiger partial charge in [-0.3, -0.25) is 9.59 Å². The number of nitrogens with one attached hydrogen (secondary N) is 2. The predicted molar refractivity (Wildman–Crippen MR) is 143 cm³/mol. The van der Waals surface area contributed by atoms with Crippen LogP contribution in [0.15, 0.2) is 24.4 Å². The van der Waals surface area contributed by atoms with E-state index in [4.69, 9.17) is 4.74 Å². The van der Waals surface area contributed by atoms with Crippen molar-refractivity contribution in [3.63, 3.8) is 0 Å². The molecule has 2 heterocycles. The van der Waals surface area contributed by atoms with Crippen LogP contribution in [0.3, 0.4) is 0 Å². The highest BCUT2D eigenvalue weighted by atomic mass is 19.4. The van der Waals surface area contributed by atoms with E-state index in [1.54, 1.807) is 18.2 Å². The lowest BCUT2D eigenvalue weighted by Gasteiger charge is -2.39. The molecular weight excluding hydrogens is 523 g/mol. The third kappa shape index (κ3) is 5.60. The van der Waals surface area contributed by atoms with Crippen LogP contribution in [-0.4, -0.2) is 52.9 Å². The van der Waals surface area contributed by atoms with Gasteiger partial charge in [0.05, 0.1) is 24.1 Å². The number of aromatic nitrogens is 2. The number of ether oxygens (including phenoxy) is 1. The van der Waals surface area contributed by atoms with Gasteiger partial charge in [0.2, 0.25) is 11.9 Å². The quantitative estimate of drug-likeness (QED) is 0.421. The van der Waals surface area contributed by atoms with Gasteiger partial charge in [-0.25, -0.2) is 9.97 Å². The molecule has 11 heteroatoms. The molecule has 1 saturated heterocycles. The van der Waals surface area contributed by atoms with Crippen LogP contribution in [0.5, 0.6) is 5.75 Å². The van der Waals surface area contributed by atoms with E-state index in [1.807, 2.05) is 6.92 Å². The van der Waals surface area contributed by atoms with E-state index >= 15 is 0 Å². The van der Waals surface area contributed by atoms with Crippen LogP contribution < -0.4 is 15.4 Å². The van der Waals surface area contributed by atoms with Crippen LogP contribution in [0, 0.1) is 11.3 Å². The number of carbonyl (C=O) groups excluding carboxylic acids is 2. The zero-order valence-electron chi connectivity index (χ0n) is 22.9. The average molecular weight is 560 g/mol. The van der Waals surface area contributed by atoms with Crippen molar-refractivity contribution in [3.8, 4) is 5.75 Å². The molecule has 2 saturated carbocycles. The van der Waals surface area contributed by atoms with E-state index in [1.165, 1.54) is 7.11 Å². The maximum atomic E-state index is 13.9. The average Bonchev–Trinajstić information content (AvgIpc) is 3.43. The summed E-state index contributed by atoms with van der Waals surface area (Å²) in [5.74, 6) is 0.606. The Morgan fingerprint density at radius 1 is 1.25 bits per heavy atom. The van der Waals surface area contributed by atoms with Crippen LogP contribution >= 0.6 is 0 Å². The summed E-state index contributed by atoms with van der Waals surface area (Å²) in [6.45, 7) is 3.09. The van der Waals surface area contributed by atoms with Crippen LogP contribution in [0.4, 0.5) is 24.8 Å². The zero-order valence-corrected chi connectivity index (χ0v) is 22.9. The van der Waals surface area contributed by atoms with Gasteiger partial charge in [0, 0.05) is 37.3 Å². The summed E-state index contributed by atoms with van der Waals surface area (Å²) < 4.78 is 47.1. The number of amides is 2. The molecule has 8 nitrogen and oxygen atoms in total. The predicted octanol–water partition coefficient (Wildman–Crippen LogP) is 5.50. The number of alkyl halides is 3. The van der Waals surface area contributed by atoms with E-state index < -0.39 is 11.7 Å². The second-order valence-corrected chi connectivity index (χ2v) is 11.1. The SMILES string of the molecule is CCNC(=O)c1ccc(Nc2ncc(C(F)(F)F)c(CCC3C[C@@]34CCCC[C@H]4N3CCCC3=O)n2)c(OC)c1. The number of likely N-dealkylation sites (tertiary alicyclic amines) is 1. The number of hydrogen-bond acceptors (Lipinski definition) is 6. The Bertz CT molecular complexity index is 1270. The number of methoxy groups -OCH3 is 1. The number of nitrogens with zero attached hydrogens (tertiary/aromatic N) is 3. The van der Waals surface area contributed by atoms with Crippen molar-refractivity contribution in [3.05, 3.63) is 41.2 Å². The van der Waals surface area contributed by atoms with Crippen molar-refractivity contribution >= 4 is 23.5 Å². The third-order valence-corrected chi connectivity index (χ3v) is 8.75. The van der Waals surface area contributed by atoms with E-state index in [0.717, 1.165) is 51.3 Å². The third-order valence-electron chi connectivity index (χ3n) is 8.75. The van der Waals surface area contributed by atoms with Crippen LogP contribution in [0.25, 0.3) is 0 Å². The van der Waals surface area contributed by atoms with E-state index in [2.05, 4.69) is 25.5 Å². The van der Waals surface area contributed by atoms with Gasteiger partial charge in [0.1, 0.15) is 5.75 Å². The molecule has 1 unspecified atom stereocenters. The Morgan fingerprint density at radius 2 is 2.08 bits per heavy atom. The maximum Gasteiger partial charge on any atom is 0.419 e. The molecule has 40 heavy (non-hydrogen) atoms. The highest BCUT2D eigenvalue weighted by molar-refractivity contribution is 5.95. The summed E-state index contributed by atoms with van der Waals surface area (Å²) in [6, 6.07) is 4.97. The first-order chi connectivity index (χ1) is 19.2. The van der Waals surface area contributed by atoms with E-state index in [0.29, 0.717) is 36.4 Å². The zero-order chi connectivity index (χ0) is 28.5. The Morgan fingerprint density at radius 3 is 2.77 bits per heavy atom. The van der Waals surface area contributed by atoms with Gasteiger partial charge < -0.3 is 20.3 Å². The summed E-state index contributed by atoms with van der Waals surface area (Å²) in [5, 5.41) is 5.67. The molecule has 1 aliphatic heterocycles. The monoisotopic (exact) mass is 559 g/mol. The van der Waals surface area contributed by atoms with Crippen LogP contribution in [0.1, 0.15) is 79.9 Å². The van der Waals surface area contributed by atoms with Gasteiger partial charge in [-0.15, -0.1) is 0 Å². The Hall–Kier alpha value is -3.37. The second kappa shape index (κ2) is 11.2. The summed E-state index contributed by atoms with van der Waals surface area (Å²) in [5.41, 5.74) is -0.0176. The van der Waals surface area contributed by atoms with Gasteiger partial charge in [-0.2, -0.15) is 13.2 Å². The number of carbonyl (C=O) groups is 2. The lowest BCUT2D eigenvalue weighted by atomic mass is 9.78. The molecule has 1 aromatic heterocycles. The molecule has 3 atom stereocenters. The molecular formula is C29H36F3N5O3. The number of benzene rings is 1. The van der Waals surface area contributed by atoms with Gasteiger partial charge in [-0.05, 0) is 75.0 Å². The minimum absolute atomic E-state index is 0.0239. The number of anilines is 2. The van der Waals surface area contributed by atoms with Crippen LogP contribution in [-0.2, 0) is 17.4 Å². The summed E-state index contributed by atoms with van der Waals surface area (Å²) in [7, 11) is 1.45. The topological polar surface area (TPSA) is 96.5 Å². The molecule has 2 aromatic rings. The summed E-state index contributed by atoms with van der Waals surface area (Å²) in [6.07, 6.45) is 3.67. The fraction of sp³-hybridized carbons (Fsp3) is 0.586. The van der Waals surface area contributed by atoms with Crippen LogP contribution in [0.2, 0.25) is 0 Å². The Balaban J connectivity index is 1.33. The fourth-order valence-corrected chi connectivity index (χ4v) is 6.75. The first kappa shape index (κ1) is 28.2. The van der Waals surface area contributed by atoms with Crippen molar-refractivity contribution in [1.82, 2.24) is 20.2 Å². The molecule has 2 aliphatic carbocycles. The summed E-state index contributed by atoms with van der Waals surface area (Å²) in [4.78, 5) is 35.0. The normalized spacial score (nSPS) is 24.3.